The fourth-order valence-electron chi connectivity index (χ4n) is 2.30. The van der Waals surface area contributed by atoms with Crippen LogP contribution in [-0.2, 0) is 6.61 Å². The van der Waals surface area contributed by atoms with Crippen LogP contribution in [0.15, 0.2) is 24.4 Å². The number of aliphatic hydroxyl groups excluding tert-OH is 1. The average molecular weight is 360 g/mol. The largest absolute Gasteiger partial charge is 0.482 e. The summed E-state index contributed by atoms with van der Waals surface area (Å²) in [5.41, 5.74) is 11.6. The molecule has 0 aliphatic heterocycles. The zero-order valence-corrected chi connectivity index (χ0v) is 14.7. The van der Waals surface area contributed by atoms with Crippen LogP contribution in [0.1, 0.15) is 42.4 Å². The van der Waals surface area contributed by atoms with E-state index in [-0.39, 0.29) is 30.9 Å². The van der Waals surface area contributed by atoms with Crippen LogP contribution in [0, 0.1) is 0 Å². The summed E-state index contributed by atoms with van der Waals surface area (Å²) in [7, 11) is 0. The first kappa shape index (κ1) is 19.4. The molecule has 9 heteroatoms. The molecule has 2 aromatic heterocycles. The maximum Gasteiger partial charge on any atom is 0.267 e. The van der Waals surface area contributed by atoms with Gasteiger partial charge >= 0.3 is 0 Å². The Morgan fingerprint density at radius 2 is 2.19 bits per heavy atom. The van der Waals surface area contributed by atoms with Gasteiger partial charge in [0.1, 0.15) is 12.3 Å². The van der Waals surface area contributed by atoms with Crippen molar-refractivity contribution < 1.29 is 14.6 Å². The van der Waals surface area contributed by atoms with Crippen LogP contribution in [0.5, 0.6) is 5.75 Å². The van der Waals surface area contributed by atoms with Crippen LogP contribution in [-0.4, -0.2) is 38.6 Å². The number of rotatable bonds is 10. The first-order valence-corrected chi connectivity index (χ1v) is 8.42. The molecule has 0 bridgehead atoms. The monoisotopic (exact) mass is 360 g/mol. The summed E-state index contributed by atoms with van der Waals surface area (Å²) in [4.78, 5) is 23.4. The number of unbranched alkanes of at least 4 members (excludes halogenated alkanes) is 1. The number of amides is 1. The van der Waals surface area contributed by atoms with Gasteiger partial charge in [-0.05, 0) is 18.6 Å². The summed E-state index contributed by atoms with van der Waals surface area (Å²) in [5, 5.41) is 12.7. The molecule has 0 unspecified atom stereocenters. The van der Waals surface area contributed by atoms with Gasteiger partial charge in [-0.3, -0.25) is 4.79 Å². The molecular formula is C17H24N6O3. The minimum Gasteiger partial charge on any atom is -0.482 e. The number of aromatic nitrogens is 3. The number of nitrogens with one attached hydrogen (secondary N) is 1. The van der Waals surface area contributed by atoms with Gasteiger partial charge < -0.3 is 26.6 Å². The number of primary amides is 1. The van der Waals surface area contributed by atoms with Crippen LogP contribution >= 0.6 is 0 Å². The molecule has 0 radical (unpaired) electrons. The number of nitrogens with two attached hydrogens (primary N) is 2. The lowest BCUT2D eigenvalue weighted by atomic mass is 10.1. The van der Waals surface area contributed by atoms with Crippen molar-refractivity contribution in [1.82, 2.24) is 15.0 Å². The lowest BCUT2D eigenvalue weighted by molar-refractivity contribution is 0.0995. The van der Waals surface area contributed by atoms with E-state index in [0.717, 1.165) is 19.3 Å². The second-order valence-corrected chi connectivity index (χ2v) is 5.77. The molecule has 140 valence electrons. The summed E-state index contributed by atoms with van der Waals surface area (Å²) >= 11 is 0. The summed E-state index contributed by atoms with van der Waals surface area (Å²) in [6.07, 6.45) is 4.24. The normalized spacial score (nSPS) is 11.8. The van der Waals surface area contributed by atoms with Crippen LogP contribution < -0.4 is 21.5 Å². The number of hydrogen-bond donors (Lipinski definition) is 4. The summed E-state index contributed by atoms with van der Waals surface area (Å²) in [5.74, 6) is 0.270. The van der Waals surface area contributed by atoms with Crippen LogP contribution in [0.4, 0.5) is 11.8 Å². The van der Waals surface area contributed by atoms with Crippen LogP contribution in [0.25, 0.3) is 0 Å². The highest BCUT2D eigenvalue weighted by Crippen LogP contribution is 2.24. The fraction of sp³-hybridized carbons (Fsp3) is 0.412. The summed E-state index contributed by atoms with van der Waals surface area (Å²) in [6, 6.07) is 4.76. The Hall–Kier alpha value is -2.94. The predicted octanol–water partition coefficient (Wildman–Crippen LogP) is 1.09. The van der Waals surface area contributed by atoms with Crippen molar-refractivity contribution in [2.75, 3.05) is 17.7 Å². The standard InChI is InChI=1S/C17H24N6O3/c1-2-3-5-11(9-24)22-16-14(8-20-17(19)23-16)26-10-12-6-4-7-13(21-12)15(18)25/h4,6-8,11,24H,2-3,5,9-10H2,1H3,(H2,18,25)(H3,19,20,22,23)/t11-/m0/s1. The number of anilines is 2. The SMILES string of the molecule is CCCC[C@@H](CO)Nc1nc(N)ncc1OCc1cccc(C(N)=O)n1. The van der Waals surface area contributed by atoms with Crippen molar-refractivity contribution in [2.45, 2.75) is 38.8 Å². The molecule has 0 aliphatic carbocycles. The third-order valence-corrected chi connectivity index (χ3v) is 3.68. The summed E-state index contributed by atoms with van der Waals surface area (Å²) in [6.45, 7) is 2.15. The molecule has 0 spiro atoms. The van der Waals surface area contributed by atoms with Crippen molar-refractivity contribution in [2.24, 2.45) is 5.73 Å². The van der Waals surface area contributed by atoms with Crippen LogP contribution in [0.2, 0.25) is 0 Å². The molecule has 2 rings (SSSR count). The maximum absolute atomic E-state index is 11.2. The Kier molecular flexibility index (Phi) is 7.10. The number of nitrogens with zero attached hydrogens (tertiary/aromatic N) is 3. The minimum absolute atomic E-state index is 0.0362. The zero-order chi connectivity index (χ0) is 18.9. The van der Waals surface area contributed by atoms with Crippen molar-refractivity contribution in [1.29, 1.82) is 0 Å². The number of aliphatic hydroxyl groups is 1. The van der Waals surface area contributed by atoms with E-state index < -0.39 is 5.91 Å². The van der Waals surface area contributed by atoms with E-state index in [1.807, 2.05) is 0 Å². The molecule has 2 heterocycles. The summed E-state index contributed by atoms with van der Waals surface area (Å²) < 4.78 is 5.72. The van der Waals surface area contributed by atoms with E-state index in [0.29, 0.717) is 17.3 Å². The van der Waals surface area contributed by atoms with Gasteiger partial charge in [0.2, 0.25) is 5.95 Å². The first-order valence-electron chi connectivity index (χ1n) is 8.42. The van der Waals surface area contributed by atoms with Crippen molar-refractivity contribution >= 4 is 17.7 Å². The van der Waals surface area contributed by atoms with E-state index in [4.69, 9.17) is 16.2 Å². The van der Waals surface area contributed by atoms with Gasteiger partial charge in [0.15, 0.2) is 11.6 Å². The molecule has 9 nitrogen and oxygen atoms in total. The smallest absolute Gasteiger partial charge is 0.267 e. The highest BCUT2D eigenvalue weighted by atomic mass is 16.5. The van der Waals surface area contributed by atoms with E-state index in [2.05, 4.69) is 27.2 Å². The van der Waals surface area contributed by atoms with Crippen LogP contribution in [0.3, 0.4) is 0 Å². The molecule has 0 fully saturated rings. The number of ether oxygens (including phenoxy) is 1. The van der Waals surface area contributed by atoms with E-state index in [9.17, 15) is 9.90 Å². The molecule has 26 heavy (non-hydrogen) atoms. The number of carbonyl (C=O) groups is 1. The Morgan fingerprint density at radius 3 is 2.88 bits per heavy atom. The van der Waals surface area contributed by atoms with Crippen molar-refractivity contribution in [3.8, 4) is 5.75 Å². The third kappa shape index (κ3) is 5.55. The molecule has 0 saturated carbocycles. The molecular weight excluding hydrogens is 336 g/mol. The third-order valence-electron chi connectivity index (χ3n) is 3.68. The molecule has 0 aliphatic rings. The van der Waals surface area contributed by atoms with Gasteiger partial charge in [-0.2, -0.15) is 4.98 Å². The second kappa shape index (κ2) is 9.52. The topological polar surface area (TPSA) is 149 Å². The molecule has 1 amide bonds. The van der Waals surface area contributed by atoms with E-state index >= 15 is 0 Å². The Bertz CT molecular complexity index is 740. The molecule has 0 aromatic carbocycles. The molecule has 0 saturated heterocycles. The molecule has 1 atom stereocenters. The maximum atomic E-state index is 11.2. The van der Waals surface area contributed by atoms with Gasteiger partial charge in [0.25, 0.3) is 5.91 Å². The minimum atomic E-state index is -0.605. The second-order valence-electron chi connectivity index (χ2n) is 5.77. The number of pyridine rings is 1. The van der Waals surface area contributed by atoms with Crippen molar-refractivity contribution in [3.63, 3.8) is 0 Å². The van der Waals surface area contributed by atoms with Gasteiger partial charge in [-0.15, -0.1) is 0 Å². The highest BCUT2D eigenvalue weighted by molar-refractivity contribution is 5.90. The van der Waals surface area contributed by atoms with E-state index in [1.165, 1.54) is 12.3 Å². The Balaban J connectivity index is 2.11. The van der Waals surface area contributed by atoms with Gasteiger partial charge in [-0.25, -0.2) is 9.97 Å². The molecule has 2 aromatic rings. The highest BCUT2D eigenvalue weighted by Gasteiger charge is 2.14. The first-order chi connectivity index (χ1) is 12.5. The van der Waals surface area contributed by atoms with E-state index in [1.54, 1.807) is 12.1 Å². The Labute approximate surface area is 151 Å². The number of nitrogen functional groups attached to an aromatic ring is 1. The number of hydrogen-bond acceptors (Lipinski definition) is 8. The van der Waals surface area contributed by atoms with Gasteiger partial charge in [0, 0.05) is 0 Å². The van der Waals surface area contributed by atoms with Crippen molar-refractivity contribution in [3.05, 3.63) is 35.8 Å². The van der Waals surface area contributed by atoms with Gasteiger partial charge in [-0.1, -0.05) is 25.8 Å². The fourth-order valence-corrected chi connectivity index (χ4v) is 2.30. The number of carbonyl (C=O) groups excluding carboxylic acids is 1. The lowest BCUT2D eigenvalue weighted by Gasteiger charge is -2.19. The predicted molar refractivity (Wildman–Crippen MR) is 97.6 cm³/mol. The zero-order valence-electron chi connectivity index (χ0n) is 14.7. The lowest BCUT2D eigenvalue weighted by Crippen LogP contribution is -2.25. The van der Waals surface area contributed by atoms with Gasteiger partial charge in [0.05, 0.1) is 24.5 Å². The quantitative estimate of drug-likeness (QED) is 0.492. The Morgan fingerprint density at radius 1 is 1.38 bits per heavy atom. The molecule has 6 N–H and O–H groups in total. The average Bonchev–Trinajstić information content (AvgIpc) is 2.64.